The van der Waals surface area contributed by atoms with Crippen LogP contribution in [0.3, 0.4) is 0 Å². The van der Waals surface area contributed by atoms with Crippen LogP contribution in [0.4, 0.5) is 11.4 Å². The summed E-state index contributed by atoms with van der Waals surface area (Å²) in [4.78, 5) is 26.3. The lowest BCUT2D eigenvalue weighted by molar-refractivity contribution is -0.120. The van der Waals surface area contributed by atoms with Gasteiger partial charge in [0, 0.05) is 18.7 Å². The zero-order valence-electron chi connectivity index (χ0n) is 15.5. The van der Waals surface area contributed by atoms with Crippen LogP contribution in [0.5, 0.6) is 5.75 Å². The smallest absolute Gasteiger partial charge is 0.255 e. The van der Waals surface area contributed by atoms with Crippen molar-refractivity contribution in [2.45, 2.75) is 19.8 Å². The molecular formula is C21H25N3O3. The van der Waals surface area contributed by atoms with E-state index in [0.29, 0.717) is 30.9 Å². The molecule has 2 N–H and O–H groups in total. The summed E-state index contributed by atoms with van der Waals surface area (Å²) in [6.45, 7) is 4.39. The van der Waals surface area contributed by atoms with Gasteiger partial charge in [0.2, 0.25) is 5.91 Å². The van der Waals surface area contributed by atoms with Gasteiger partial charge in [-0.2, -0.15) is 0 Å². The molecule has 6 heteroatoms. The first-order chi connectivity index (χ1) is 13.2. The molecule has 27 heavy (non-hydrogen) atoms. The Morgan fingerprint density at radius 2 is 1.96 bits per heavy atom. The molecule has 142 valence electrons. The van der Waals surface area contributed by atoms with E-state index >= 15 is 0 Å². The SMILES string of the molecule is CCCCOc1ccc(C(=O)Nc2ccccc2N2CCNC(=O)C2)cc1. The van der Waals surface area contributed by atoms with E-state index in [-0.39, 0.29) is 18.4 Å². The predicted molar refractivity (Wildman–Crippen MR) is 106 cm³/mol. The van der Waals surface area contributed by atoms with Gasteiger partial charge in [0.25, 0.3) is 5.91 Å². The minimum atomic E-state index is -0.191. The molecule has 0 unspecified atom stereocenters. The molecule has 0 aromatic heterocycles. The van der Waals surface area contributed by atoms with Crippen LogP contribution in [0.25, 0.3) is 0 Å². The second-order valence-electron chi connectivity index (χ2n) is 6.47. The van der Waals surface area contributed by atoms with Gasteiger partial charge >= 0.3 is 0 Å². The van der Waals surface area contributed by atoms with Crippen LogP contribution < -0.4 is 20.3 Å². The predicted octanol–water partition coefficient (Wildman–Crippen LogP) is 3.05. The molecule has 1 heterocycles. The monoisotopic (exact) mass is 367 g/mol. The third-order valence-corrected chi connectivity index (χ3v) is 4.41. The molecule has 1 fully saturated rings. The van der Waals surface area contributed by atoms with E-state index in [1.54, 1.807) is 12.1 Å². The molecule has 2 amide bonds. The van der Waals surface area contributed by atoms with Gasteiger partial charge in [0.05, 0.1) is 24.5 Å². The number of ether oxygens (including phenoxy) is 1. The molecule has 0 atom stereocenters. The highest BCUT2D eigenvalue weighted by molar-refractivity contribution is 6.06. The number of anilines is 2. The normalized spacial score (nSPS) is 13.8. The Balaban J connectivity index is 1.68. The van der Waals surface area contributed by atoms with E-state index in [1.165, 1.54) is 0 Å². The Labute approximate surface area is 159 Å². The highest BCUT2D eigenvalue weighted by atomic mass is 16.5. The first kappa shape index (κ1) is 18.8. The molecule has 2 aromatic carbocycles. The van der Waals surface area contributed by atoms with Crippen LogP contribution in [0.1, 0.15) is 30.1 Å². The lowest BCUT2D eigenvalue weighted by Crippen LogP contribution is -2.47. The molecule has 1 aliphatic heterocycles. The number of nitrogens with one attached hydrogen (secondary N) is 2. The Kier molecular flexibility index (Phi) is 6.30. The van der Waals surface area contributed by atoms with Crippen LogP contribution >= 0.6 is 0 Å². The quantitative estimate of drug-likeness (QED) is 0.738. The average Bonchev–Trinajstić information content (AvgIpc) is 2.69. The summed E-state index contributed by atoms with van der Waals surface area (Å²) in [5.74, 6) is 0.560. The minimum absolute atomic E-state index is 0.0129. The summed E-state index contributed by atoms with van der Waals surface area (Å²) < 4.78 is 5.63. The minimum Gasteiger partial charge on any atom is -0.494 e. The average molecular weight is 367 g/mol. The number of piperazine rings is 1. The summed E-state index contributed by atoms with van der Waals surface area (Å²) in [6, 6.07) is 14.7. The van der Waals surface area contributed by atoms with Crippen molar-refractivity contribution in [3.05, 3.63) is 54.1 Å². The van der Waals surface area contributed by atoms with Gasteiger partial charge < -0.3 is 20.3 Å². The lowest BCUT2D eigenvalue weighted by Gasteiger charge is -2.30. The summed E-state index contributed by atoms with van der Waals surface area (Å²) in [5, 5.41) is 5.77. The summed E-state index contributed by atoms with van der Waals surface area (Å²) in [6.07, 6.45) is 2.09. The van der Waals surface area contributed by atoms with E-state index < -0.39 is 0 Å². The first-order valence-corrected chi connectivity index (χ1v) is 9.32. The van der Waals surface area contributed by atoms with Crippen molar-refractivity contribution in [2.75, 3.05) is 36.5 Å². The highest BCUT2D eigenvalue weighted by Gasteiger charge is 2.19. The molecule has 0 saturated carbocycles. The highest BCUT2D eigenvalue weighted by Crippen LogP contribution is 2.26. The van der Waals surface area contributed by atoms with E-state index in [4.69, 9.17) is 4.74 Å². The van der Waals surface area contributed by atoms with Crippen molar-refractivity contribution >= 4 is 23.2 Å². The van der Waals surface area contributed by atoms with Crippen LogP contribution in [0, 0.1) is 0 Å². The van der Waals surface area contributed by atoms with Crippen LogP contribution in [0.2, 0.25) is 0 Å². The van der Waals surface area contributed by atoms with Crippen molar-refractivity contribution in [3.8, 4) is 5.75 Å². The maximum absolute atomic E-state index is 12.6. The first-order valence-electron chi connectivity index (χ1n) is 9.32. The van der Waals surface area contributed by atoms with E-state index in [2.05, 4.69) is 17.6 Å². The molecule has 3 rings (SSSR count). The number of unbranched alkanes of at least 4 members (excludes halogenated alkanes) is 1. The number of amides is 2. The van der Waals surface area contributed by atoms with E-state index in [0.717, 1.165) is 24.3 Å². The zero-order chi connectivity index (χ0) is 19.1. The maximum Gasteiger partial charge on any atom is 0.255 e. The van der Waals surface area contributed by atoms with E-state index in [9.17, 15) is 9.59 Å². The van der Waals surface area contributed by atoms with Crippen molar-refractivity contribution in [1.82, 2.24) is 5.32 Å². The molecule has 0 bridgehead atoms. The molecule has 0 spiro atoms. The van der Waals surface area contributed by atoms with Gasteiger partial charge in [-0.15, -0.1) is 0 Å². The fourth-order valence-corrected chi connectivity index (χ4v) is 2.93. The van der Waals surface area contributed by atoms with Crippen molar-refractivity contribution in [2.24, 2.45) is 0 Å². The summed E-state index contributed by atoms with van der Waals surface area (Å²) >= 11 is 0. The molecule has 1 aliphatic rings. The van der Waals surface area contributed by atoms with Gasteiger partial charge in [-0.1, -0.05) is 25.5 Å². The molecular weight excluding hydrogens is 342 g/mol. The number of para-hydroxylation sites is 2. The van der Waals surface area contributed by atoms with Crippen molar-refractivity contribution in [1.29, 1.82) is 0 Å². The molecule has 6 nitrogen and oxygen atoms in total. The second-order valence-corrected chi connectivity index (χ2v) is 6.47. The van der Waals surface area contributed by atoms with Gasteiger partial charge in [-0.25, -0.2) is 0 Å². The van der Waals surface area contributed by atoms with Gasteiger partial charge in [-0.05, 0) is 42.8 Å². The van der Waals surface area contributed by atoms with Crippen molar-refractivity contribution in [3.63, 3.8) is 0 Å². The topological polar surface area (TPSA) is 70.7 Å². The largest absolute Gasteiger partial charge is 0.494 e. The lowest BCUT2D eigenvalue weighted by atomic mass is 10.1. The third kappa shape index (κ3) is 5.00. The Morgan fingerprint density at radius 3 is 2.70 bits per heavy atom. The van der Waals surface area contributed by atoms with Crippen LogP contribution in [-0.4, -0.2) is 38.1 Å². The number of hydrogen-bond acceptors (Lipinski definition) is 4. The number of rotatable bonds is 7. The number of carbonyl (C=O) groups excluding carboxylic acids is 2. The Bertz CT molecular complexity index is 790. The molecule has 1 saturated heterocycles. The Morgan fingerprint density at radius 1 is 1.19 bits per heavy atom. The third-order valence-electron chi connectivity index (χ3n) is 4.41. The van der Waals surface area contributed by atoms with Gasteiger partial charge in [0.15, 0.2) is 0 Å². The summed E-state index contributed by atoms with van der Waals surface area (Å²) in [7, 11) is 0. The number of carbonyl (C=O) groups is 2. The summed E-state index contributed by atoms with van der Waals surface area (Å²) in [5.41, 5.74) is 2.10. The molecule has 0 radical (unpaired) electrons. The fourth-order valence-electron chi connectivity index (χ4n) is 2.93. The number of benzene rings is 2. The number of nitrogens with zero attached hydrogens (tertiary/aromatic N) is 1. The second kappa shape index (κ2) is 9.07. The fraction of sp³-hybridized carbons (Fsp3) is 0.333. The molecule has 2 aromatic rings. The van der Waals surface area contributed by atoms with Crippen LogP contribution in [0.15, 0.2) is 48.5 Å². The van der Waals surface area contributed by atoms with Gasteiger partial charge in [0.1, 0.15) is 5.75 Å². The van der Waals surface area contributed by atoms with Crippen molar-refractivity contribution < 1.29 is 14.3 Å². The van der Waals surface area contributed by atoms with Gasteiger partial charge in [-0.3, -0.25) is 9.59 Å². The zero-order valence-corrected chi connectivity index (χ0v) is 15.5. The number of hydrogen-bond donors (Lipinski definition) is 2. The van der Waals surface area contributed by atoms with Crippen LogP contribution in [-0.2, 0) is 4.79 Å². The molecule has 0 aliphatic carbocycles. The Hall–Kier alpha value is -3.02. The maximum atomic E-state index is 12.6. The standard InChI is InChI=1S/C21H25N3O3/c1-2-3-14-27-17-10-8-16(9-11-17)21(26)23-18-6-4-5-7-19(18)24-13-12-22-20(25)15-24/h4-11H,2-3,12-15H2,1H3,(H,22,25)(H,23,26). The van der Waals surface area contributed by atoms with E-state index in [1.807, 2.05) is 41.3 Å².